The number of hydrogen-bond donors (Lipinski definition) is 3. The quantitative estimate of drug-likeness (QED) is 0.370. The molecular weight excluding hydrogens is 320 g/mol. The second kappa shape index (κ2) is 12.0. The maximum absolute atomic E-state index is 12.1. The Kier molecular flexibility index (Phi) is 10.3. The number of allylic oxidation sites excluding steroid dienone is 2. The van der Waals surface area contributed by atoms with Crippen molar-refractivity contribution >= 4 is 11.8 Å². The molecule has 1 rings (SSSR count). The van der Waals surface area contributed by atoms with E-state index in [4.69, 9.17) is 5.11 Å². The van der Waals surface area contributed by atoms with Crippen LogP contribution in [0.5, 0.6) is 0 Å². The Hall–Kier alpha value is -1.46. The summed E-state index contributed by atoms with van der Waals surface area (Å²) in [6.45, 7) is 2.11. The van der Waals surface area contributed by atoms with Crippen LogP contribution in [0.4, 0.5) is 0 Å². The van der Waals surface area contributed by atoms with Crippen LogP contribution in [0.15, 0.2) is 24.3 Å². The van der Waals surface area contributed by atoms with E-state index in [1.165, 1.54) is 0 Å². The molecule has 1 unspecified atom stereocenters. The lowest BCUT2D eigenvalue weighted by Gasteiger charge is -2.16. The molecule has 0 aromatic rings. The molecule has 0 amide bonds. The molecule has 0 aromatic heterocycles. The van der Waals surface area contributed by atoms with Crippen LogP contribution in [0.1, 0.15) is 64.7 Å². The normalized spacial score (nSPS) is 25.2. The Labute approximate surface area is 150 Å². The summed E-state index contributed by atoms with van der Waals surface area (Å²) in [4.78, 5) is 22.5. The number of aliphatic carboxylic acids is 1. The van der Waals surface area contributed by atoms with E-state index in [1.54, 1.807) is 12.2 Å². The molecule has 5 heteroatoms. The van der Waals surface area contributed by atoms with Crippen LogP contribution >= 0.6 is 0 Å². The fraction of sp³-hybridized carbons (Fsp3) is 0.700. The lowest BCUT2D eigenvalue weighted by molar-refractivity contribution is -0.137. The largest absolute Gasteiger partial charge is 0.481 e. The average Bonchev–Trinajstić information content (AvgIpc) is 2.82. The maximum atomic E-state index is 12.1. The predicted molar refractivity (Wildman–Crippen MR) is 97.1 cm³/mol. The molecule has 1 fully saturated rings. The fourth-order valence-electron chi connectivity index (χ4n) is 3.22. The van der Waals surface area contributed by atoms with Gasteiger partial charge in [0.15, 0.2) is 0 Å². The molecule has 5 nitrogen and oxygen atoms in total. The molecule has 1 aliphatic carbocycles. The SMILES string of the molecule is CCCCC[C@H](O)/C=C/[C@@H]1C(C/C=C\CCCC(=O)O)C(=O)C[C@H]1O. The Morgan fingerprint density at radius 3 is 2.72 bits per heavy atom. The van der Waals surface area contributed by atoms with E-state index in [9.17, 15) is 19.8 Å². The first-order valence-electron chi connectivity index (χ1n) is 9.39. The summed E-state index contributed by atoms with van der Waals surface area (Å²) in [5.74, 6) is -1.26. The zero-order chi connectivity index (χ0) is 18.7. The minimum absolute atomic E-state index is 0.0535. The minimum atomic E-state index is -0.801. The molecule has 0 radical (unpaired) electrons. The molecule has 3 N–H and O–H groups in total. The highest BCUT2D eigenvalue weighted by Gasteiger charge is 2.39. The zero-order valence-corrected chi connectivity index (χ0v) is 15.1. The van der Waals surface area contributed by atoms with Gasteiger partial charge in [-0.05, 0) is 25.7 Å². The molecule has 0 aromatic carbocycles. The third-order valence-corrected chi connectivity index (χ3v) is 4.71. The maximum Gasteiger partial charge on any atom is 0.303 e. The molecule has 25 heavy (non-hydrogen) atoms. The van der Waals surface area contributed by atoms with Gasteiger partial charge in [-0.2, -0.15) is 0 Å². The van der Waals surface area contributed by atoms with Crippen molar-refractivity contribution in [2.24, 2.45) is 11.8 Å². The van der Waals surface area contributed by atoms with Crippen LogP contribution in [0, 0.1) is 11.8 Å². The number of ketones is 1. The Balaban J connectivity index is 2.48. The van der Waals surface area contributed by atoms with Crippen LogP contribution < -0.4 is 0 Å². The van der Waals surface area contributed by atoms with Gasteiger partial charge in [-0.3, -0.25) is 9.59 Å². The van der Waals surface area contributed by atoms with Crippen LogP contribution in [0.2, 0.25) is 0 Å². The van der Waals surface area contributed by atoms with Gasteiger partial charge in [0.05, 0.1) is 12.2 Å². The predicted octanol–water partition coefficient (Wildman–Crippen LogP) is 3.25. The highest BCUT2D eigenvalue weighted by molar-refractivity contribution is 5.84. The third-order valence-electron chi connectivity index (χ3n) is 4.71. The third kappa shape index (κ3) is 8.45. The number of aliphatic hydroxyl groups excluding tert-OH is 2. The van der Waals surface area contributed by atoms with E-state index in [1.807, 2.05) is 12.2 Å². The highest BCUT2D eigenvalue weighted by Crippen LogP contribution is 2.33. The number of Topliss-reactive ketones (excluding diaryl/α,β-unsaturated/α-hetero) is 1. The number of carboxylic acid groups (broad SMARTS) is 1. The van der Waals surface area contributed by atoms with Gasteiger partial charge in [-0.1, -0.05) is 50.5 Å². The van der Waals surface area contributed by atoms with Crippen LogP contribution in [0.25, 0.3) is 0 Å². The number of carbonyl (C=O) groups excluding carboxylic acids is 1. The summed E-state index contributed by atoms with van der Waals surface area (Å²) in [6.07, 6.45) is 12.1. The summed E-state index contributed by atoms with van der Waals surface area (Å²) in [6, 6.07) is 0. The smallest absolute Gasteiger partial charge is 0.303 e. The molecular formula is C20H32O5. The second-order valence-corrected chi connectivity index (χ2v) is 6.86. The number of unbranched alkanes of at least 4 members (excludes halogenated alkanes) is 3. The van der Waals surface area contributed by atoms with Crippen molar-refractivity contribution in [3.63, 3.8) is 0 Å². The second-order valence-electron chi connectivity index (χ2n) is 6.86. The van der Waals surface area contributed by atoms with Crippen LogP contribution in [-0.2, 0) is 9.59 Å². The molecule has 0 heterocycles. The topological polar surface area (TPSA) is 94.8 Å². The summed E-state index contributed by atoms with van der Waals surface area (Å²) in [7, 11) is 0. The monoisotopic (exact) mass is 352 g/mol. The standard InChI is InChI=1S/C20H32O5/c1-2-3-6-9-15(21)12-13-17-16(18(22)14-19(17)23)10-7-4-5-8-11-20(24)25/h4,7,12-13,15-17,19,21,23H,2-3,5-6,8-11,14H2,1H3,(H,24,25)/b7-4-,13-12+/t15-,16?,17+,19+/m0/s1. The number of carbonyl (C=O) groups is 2. The fourth-order valence-corrected chi connectivity index (χ4v) is 3.22. The molecule has 1 aliphatic rings. The van der Waals surface area contributed by atoms with Crippen molar-refractivity contribution in [2.75, 3.05) is 0 Å². The van der Waals surface area contributed by atoms with Gasteiger partial charge in [-0.15, -0.1) is 0 Å². The number of carboxylic acids is 1. The molecule has 0 saturated heterocycles. The van der Waals surface area contributed by atoms with Crippen LogP contribution in [-0.4, -0.2) is 39.3 Å². The number of hydrogen-bond acceptors (Lipinski definition) is 4. The van der Waals surface area contributed by atoms with Crippen LogP contribution in [0.3, 0.4) is 0 Å². The summed E-state index contributed by atoms with van der Waals surface area (Å²) < 4.78 is 0. The molecule has 142 valence electrons. The molecule has 4 atom stereocenters. The van der Waals surface area contributed by atoms with Gasteiger partial charge >= 0.3 is 5.97 Å². The van der Waals surface area contributed by atoms with Gasteiger partial charge in [0.25, 0.3) is 0 Å². The van der Waals surface area contributed by atoms with E-state index in [-0.39, 0.29) is 30.5 Å². The van der Waals surface area contributed by atoms with Crippen molar-refractivity contribution in [2.45, 2.75) is 76.9 Å². The lowest BCUT2D eigenvalue weighted by Crippen LogP contribution is -2.18. The van der Waals surface area contributed by atoms with Crippen molar-refractivity contribution in [1.82, 2.24) is 0 Å². The van der Waals surface area contributed by atoms with Crippen molar-refractivity contribution in [3.8, 4) is 0 Å². The van der Waals surface area contributed by atoms with Gasteiger partial charge in [0.1, 0.15) is 5.78 Å². The van der Waals surface area contributed by atoms with Crippen molar-refractivity contribution < 1.29 is 24.9 Å². The Morgan fingerprint density at radius 2 is 2.04 bits per heavy atom. The van der Waals surface area contributed by atoms with Gasteiger partial charge in [-0.25, -0.2) is 0 Å². The summed E-state index contributed by atoms with van der Waals surface area (Å²) in [5, 5.41) is 28.7. The Bertz CT molecular complexity index is 469. The minimum Gasteiger partial charge on any atom is -0.481 e. The first-order chi connectivity index (χ1) is 12.0. The highest BCUT2D eigenvalue weighted by atomic mass is 16.4. The Morgan fingerprint density at radius 1 is 1.28 bits per heavy atom. The first kappa shape index (κ1) is 21.6. The van der Waals surface area contributed by atoms with E-state index in [0.717, 1.165) is 19.3 Å². The van der Waals surface area contributed by atoms with E-state index in [0.29, 0.717) is 25.7 Å². The van der Waals surface area contributed by atoms with Crippen molar-refractivity contribution in [1.29, 1.82) is 0 Å². The molecule has 1 saturated carbocycles. The number of rotatable bonds is 12. The summed E-state index contributed by atoms with van der Waals surface area (Å²) >= 11 is 0. The van der Waals surface area contributed by atoms with E-state index in [2.05, 4.69) is 6.92 Å². The van der Waals surface area contributed by atoms with Gasteiger partial charge in [0, 0.05) is 24.7 Å². The average molecular weight is 352 g/mol. The number of aliphatic hydroxyl groups is 2. The molecule has 0 bridgehead atoms. The molecule has 0 aliphatic heterocycles. The van der Waals surface area contributed by atoms with E-state index >= 15 is 0 Å². The van der Waals surface area contributed by atoms with Crippen molar-refractivity contribution in [3.05, 3.63) is 24.3 Å². The zero-order valence-electron chi connectivity index (χ0n) is 15.1. The first-order valence-corrected chi connectivity index (χ1v) is 9.39. The summed E-state index contributed by atoms with van der Waals surface area (Å²) in [5.41, 5.74) is 0. The van der Waals surface area contributed by atoms with Gasteiger partial charge < -0.3 is 15.3 Å². The van der Waals surface area contributed by atoms with Gasteiger partial charge in [0.2, 0.25) is 0 Å². The molecule has 0 spiro atoms. The van der Waals surface area contributed by atoms with E-state index < -0.39 is 18.2 Å². The lowest BCUT2D eigenvalue weighted by atomic mass is 9.90.